The van der Waals surface area contributed by atoms with Gasteiger partial charge in [-0.05, 0) is 32.0 Å². The maximum absolute atomic E-state index is 11.6. The Morgan fingerprint density at radius 2 is 1.38 bits per heavy atom. The van der Waals surface area contributed by atoms with E-state index in [1.807, 2.05) is 0 Å². The van der Waals surface area contributed by atoms with Gasteiger partial charge in [0, 0.05) is 0 Å². The first-order chi connectivity index (χ1) is 9.29. The Kier molecular flexibility index (Phi) is 7.67. The molecule has 0 unspecified atom stereocenters. The van der Waals surface area contributed by atoms with Gasteiger partial charge in [-0.15, -0.1) is 0 Å². The molecule has 0 amide bonds. The van der Waals surface area contributed by atoms with E-state index in [1.54, 1.807) is 13.8 Å². The molecule has 7 nitrogen and oxygen atoms in total. The van der Waals surface area contributed by atoms with Crippen LogP contribution in [0.5, 0.6) is 0 Å². The summed E-state index contributed by atoms with van der Waals surface area (Å²) in [5, 5.41) is 0. The second kappa shape index (κ2) is 8.19. The predicted molar refractivity (Wildman–Crippen MR) is 66.3 cm³/mol. The van der Waals surface area contributed by atoms with Gasteiger partial charge >= 0.3 is 30.8 Å². The molecule has 9 heteroatoms. The van der Waals surface area contributed by atoms with E-state index < -0.39 is 27.0 Å². The number of benzene rings is 1. The van der Waals surface area contributed by atoms with Crippen molar-refractivity contribution >= 4 is 22.1 Å². The zero-order valence-corrected chi connectivity index (χ0v) is 12.7. The first-order valence-corrected chi connectivity index (χ1v) is 7.15. The molecule has 0 fully saturated rings. The number of esters is 2. The van der Waals surface area contributed by atoms with Crippen molar-refractivity contribution < 1.29 is 50.9 Å². The van der Waals surface area contributed by atoms with Gasteiger partial charge in [-0.3, -0.25) is 0 Å². The molecule has 0 radical (unpaired) electrons. The second-order valence-electron chi connectivity index (χ2n) is 3.64. The number of carbonyl (C=O) groups excluding carboxylic acids is 2. The fourth-order valence-electron chi connectivity index (χ4n) is 1.41. The average Bonchev–Trinajstić information content (AvgIpc) is 2.37. The fourth-order valence-corrected chi connectivity index (χ4v) is 1.95. The molecule has 1 aromatic carbocycles. The molecule has 0 saturated heterocycles. The van der Waals surface area contributed by atoms with Crippen LogP contribution in [0.25, 0.3) is 0 Å². The van der Waals surface area contributed by atoms with Crippen LogP contribution >= 0.6 is 0 Å². The first kappa shape index (κ1) is 19.7. The van der Waals surface area contributed by atoms with Gasteiger partial charge in [-0.2, -0.15) is 0 Å². The summed E-state index contributed by atoms with van der Waals surface area (Å²) in [6, 6.07) is 2.84. The van der Waals surface area contributed by atoms with Crippen molar-refractivity contribution in [2.75, 3.05) is 13.2 Å². The Bertz CT molecular complexity index is 588. The molecule has 0 aliphatic heterocycles. The van der Waals surface area contributed by atoms with Gasteiger partial charge in [-0.25, -0.2) is 18.0 Å². The van der Waals surface area contributed by atoms with Crippen LogP contribution in [0, 0.1) is 0 Å². The van der Waals surface area contributed by atoms with Crippen LogP contribution in [-0.4, -0.2) is 38.1 Å². The largest absolute Gasteiger partial charge is 1.00 e. The van der Waals surface area contributed by atoms with E-state index in [9.17, 15) is 22.6 Å². The van der Waals surface area contributed by atoms with E-state index in [0.29, 0.717) is 0 Å². The van der Waals surface area contributed by atoms with E-state index in [1.165, 1.54) is 0 Å². The van der Waals surface area contributed by atoms with Gasteiger partial charge in [0.05, 0.1) is 29.2 Å². The minimum atomic E-state index is -4.81. The molecule has 1 aromatic rings. The Morgan fingerprint density at radius 1 is 1.00 bits per heavy atom. The molecular weight excluding hydrogens is 295 g/mol. The number of hydrogen-bond donors (Lipinski definition) is 0. The molecule has 0 heterocycles. The maximum atomic E-state index is 11.6. The van der Waals surface area contributed by atoms with Crippen LogP contribution in [0.3, 0.4) is 0 Å². The molecule has 0 atom stereocenters. The predicted octanol–water partition coefficient (Wildman–Crippen LogP) is -2.05. The minimum absolute atomic E-state index is 0. The van der Waals surface area contributed by atoms with Gasteiger partial charge in [0.1, 0.15) is 10.1 Å². The van der Waals surface area contributed by atoms with Crippen molar-refractivity contribution in [2.24, 2.45) is 0 Å². The van der Waals surface area contributed by atoms with Gasteiger partial charge in [0.2, 0.25) is 0 Å². The standard InChI is InChI=1S/C12H14O7S.Li/c1-3-18-11(13)8-5-9(12(14)19-4-2)7-10(6-8)20(15,16)17;/h5-7H,3-4H2,1-2H3,(H,15,16,17);/q;+1/p-1. The van der Waals surface area contributed by atoms with E-state index in [-0.39, 0.29) is 43.2 Å². The molecule has 0 aliphatic rings. The number of hydrogen-bond acceptors (Lipinski definition) is 7. The minimum Gasteiger partial charge on any atom is -0.744 e. The van der Waals surface area contributed by atoms with E-state index in [4.69, 9.17) is 9.47 Å². The van der Waals surface area contributed by atoms with Crippen LogP contribution in [0.1, 0.15) is 34.6 Å². The normalized spacial score (nSPS) is 10.4. The third kappa shape index (κ3) is 5.51. The Labute approximate surface area is 134 Å². The number of carbonyl (C=O) groups is 2. The summed E-state index contributed by atoms with van der Waals surface area (Å²) in [5.41, 5.74) is -0.404. The molecule has 0 spiro atoms. The summed E-state index contributed by atoms with van der Waals surface area (Å²) in [5.74, 6) is -1.66. The Balaban J connectivity index is 0.00000400. The van der Waals surface area contributed by atoms with Gasteiger partial charge in [0.25, 0.3) is 0 Å². The Morgan fingerprint density at radius 3 is 1.67 bits per heavy atom. The average molecular weight is 308 g/mol. The summed E-state index contributed by atoms with van der Waals surface area (Å²) in [4.78, 5) is 22.5. The Hall–Kier alpha value is -1.33. The monoisotopic (exact) mass is 308 g/mol. The van der Waals surface area contributed by atoms with Crippen molar-refractivity contribution in [1.29, 1.82) is 0 Å². The van der Waals surface area contributed by atoms with Crippen LogP contribution in [-0.2, 0) is 19.6 Å². The van der Waals surface area contributed by atoms with E-state index >= 15 is 0 Å². The fraction of sp³-hybridized carbons (Fsp3) is 0.333. The molecule has 0 aliphatic carbocycles. The number of ether oxygens (including phenoxy) is 2. The van der Waals surface area contributed by atoms with E-state index in [2.05, 4.69) is 0 Å². The van der Waals surface area contributed by atoms with Crippen LogP contribution in [0.2, 0.25) is 0 Å². The summed E-state index contributed by atoms with van der Waals surface area (Å²) < 4.78 is 42.5. The smallest absolute Gasteiger partial charge is 0.744 e. The zero-order valence-electron chi connectivity index (χ0n) is 11.9. The molecule has 0 saturated carbocycles. The van der Waals surface area contributed by atoms with Crippen molar-refractivity contribution in [3.05, 3.63) is 29.3 Å². The summed E-state index contributed by atoms with van der Waals surface area (Å²) in [6.07, 6.45) is 0. The molecule has 110 valence electrons. The molecule has 1 rings (SSSR count). The van der Waals surface area contributed by atoms with Crippen LogP contribution in [0.4, 0.5) is 0 Å². The van der Waals surface area contributed by atoms with E-state index in [0.717, 1.165) is 18.2 Å². The zero-order chi connectivity index (χ0) is 15.3. The number of rotatable bonds is 5. The van der Waals surface area contributed by atoms with Crippen molar-refractivity contribution in [3.8, 4) is 0 Å². The second-order valence-corrected chi connectivity index (χ2v) is 5.02. The van der Waals surface area contributed by atoms with Crippen molar-refractivity contribution in [2.45, 2.75) is 18.7 Å². The quantitative estimate of drug-likeness (QED) is 0.350. The third-order valence-electron chi connectivity index (χ3n) is 2.22. The molecule has 0 N–H and O–H groups in total. The third-order valence-corrected chi connectivity index (χ3v) is 3.03. The molecule has 0 aromatic heterocycles. The molecule has 0 bridgehead atoms. The maximum Gasteiger partial charge on any atom is 1.00 e. The summed E-state index contributed by atoms with van der Waals surface area (Å²) in [6.45, 7) is 3.28. The topological polar surface area (TPSA) is 110 Å². The summed E-state index contributed by atoms with van der Waals surface area (Å²) in [7, 11) is -4.81. The van der Waals surface area contributed by atoms with Gasteiger partial charge in [-0.1, -0.05) is 0 Å². The van der Waals surface area contributed by atoms with Gasteiger partial charge in [0.15, 0.2) is 0 Å². The molecular formula is C12H13LiO7S. The molecule has 21 heavy (non-hydrogen) atoms. The SMILES string of the molecule is CCOC(=O)c1cc(C(=O)OCC)cc(S(=O)(=O)[O-])c1.[Li+]. The van der Waals surface area contributed by atoms with Crippen LogP contribution < -0.4 is 18.9 Å². The summed E-state index contributed by atoms with van der Waals surface area (Å²) >= 11 is 0. The van der Waals surface area contributed by atoms with Crippen molar-refractivity contribution in [1.82, 2.24) is 0 Å². The van der Waals surface area contributed by atoms with Crippen molar-refractivity contribution in [3.63, 3.8) is 0 Å². The van der Waals surface area contributed by atoms with Crippen LogP contribution in [0.15, 0.2) is 23.1 Å². The first-order valence-electron chi connectivity index (χ1n) is 5.74. The van der Waals surface area contributed by atoms with Gasteiger partial charge < -0.3 is 14.0 Å².